The van der Waals surface area contributed by atoms with Gasteiger partial charge in [0.25, 0.3) is 0 Å². The molecule has 1 saturated heterocycles. The highest BCUT2D eigenvalue weighted by atomic mass is 35.5. The summed E-state index contributed by atoms with van der Waals surface area (Å²) in [5.74, 6) is 0. The fraction of sp³-hybridized carbons (Fsp3) is 0.632. The fourth-order valence-corrected chi connectivity index (χ4v) is 4.01. The van der Waals surface area contributed by atoms with E-state index in [1.54, 1.807) is 0 Å². The van der Waals surface area contributed by atoms with E-state index in [2.05, 4.69) is 48.9 Å². The summed E-state index contributed by atoms with van der Waals surface area (Å²) in [5.41, 5.74) is 2.07. The minimum Gasteiger partial charge on any atom is -0.344 e. The average Bonchev–Trinajstić information content (AvgIpc) is 2.51. The number of halogens is 1. The first-order valence-corrected chi connectivity index (χ1v) is 9.67. The quantitative estimate of drug-likeness (QED) is 0.760. The highest BCUT2D eigenvalue weighted by molar-refractivity contribution is 7.80. The summed E-state index contributed by atoms with van der Waals surface area (Å²) < 4.78 is 0. The zero-order valence-corrected chi connectivity index (χ0v) is 17.0. The van der Waals surface area contributed by atoms with Crippen LogP contribution in [-0.2, 0) is 0 Å². The number of thiocarbonyl (C=S) groups is 1. The molecule has 1 aliphatic heterocycles. The van der Waals surface area contributed by atoms with Crippen molar-refractivity contribution in [2.24, 2.45) is 0 Å². The minimum absolute atomic E-state index is 0.383. The molecule has 1 N–H and O–H groups in total. The van der Waals surface area contributed by atoms with Crippen LogP contribution >= 0.6 is 23.8 Å². The second kappa shape index (κ2) is 8.50. The topological polar surface area (TPSA) is 18.5 Å². The summed E-state index contributed by atoms with van der Waals surface area (Å²) in [7, 11) is 0. The molecular weight excluding hydrogens is 338 g/mol. The van der Waals surface area contributed by atoms with Crippen molar-refractivity contribution in [1.82, 2.24) is 9.80 Å². The molecule has 5 heteroatoms. The van der Waals surface area contributed by atoms with Crippen molar-refractivity contribution in [2.45, 2.75) is 65.6 Å². The molecule has 0 unspecified atom stereocenters. The van der Waals surface area contributed by atoms with Crippen LogP contribution in [-0.4, -0.2) is 46.1 Å². The van der Waals surface area contributed by atoms with Gasteiger partial charge in [-0.2, -0.15) is 0 Å². The molecule has 1 aliphatic rings. The van der Waals surface area contributed by atoms with Crippen LogP contribution < -0.4 is 5.32 Å². The molecular formula is C19H30ClN3S. The first kappa shape index (κ1) is 19.5. The van der Waals surface area contributed by atoms with Gasteiger partial charge in [-0.3, -0.25) is 0 Å². The van der Waals surface area contributed by atoms with Gasteiger partial charge in [0.2, 0.25) is 0 Å². The van der Waals surface area contributed by atoms with Crippen molar-refractivity contribution >= 4 is 34.6 Å². The Kier molecular flexibility index (Phi) is 6.90. The van der Waals surface area contributed by atoms with Crippen molar-refractivity contribution in [3.63, 3.8) is 0 Å². The molecule has 1 aromatic rings. The van der Waals surface area contributed by atoms with Crippen LogP contribution in [0.5, 0.6) is 0 Å². The molecule has 1 fully saturated rings. The van der Waals surface area contributed by atoms with Gasteiger partial charge in [0.05, 0.1) is 0 Å². The molecule has 0 aliphatic carbocycles. The Hall–Kier alpha value is -0.840. The van der Waals surface area contributed by atoms with E-state index >= 15 is 0 Å². The van der Waals surface area contributed by atoms with Crippen LogP contribution in [0.3, 0.4) is 0 Å². The second-order valence-corrected chi connectivity index (χ2v) is 8.05. The number of likely N-dealkylation sites (tertiary alicyclic amines) is 1. The normalized spacial score (nSPS) is 16.7. The Morgan fingerprint density at radius 1 is 1.25 bits per heavy atom. The number of rotatable bonds is 4. The third-order valence-corrected chi connectivity index (χ3v) is 5.56. The van der Waals surface area contributed by atoms with Crippen LogP contribution in [0, 0.1) is 6.92 Å². The molecule has 2 rings (SSSR count). The summed E-state index contributed by atoms with van der Waals surface area (Å²) >= 11 is 11.9. The van der Waals surface area contributed by atoms with Crippen molar-refractivity contribution in [3.8, 4) is 0 Å². The highest BCUT2D eigenvalue weighted by Gasteiger charge is 2.28. The fourth-order valence-electron chi connectivity index (χ4n) is 3.41. The molecule has 3 nitrogen and oxygen atoms in total. The second-order valence-electron chi connectivity index (χ2n) is 7.26. The molecule has 0 spiro atoms. The van der Waals surface area contributed by atoms with Gasteiger partial charge in [0.1, 0.15) is 0 Å². The lowest BCUT2D eigenvalue weighted by atomic mass is 10.0. The monoisotopic (exact) mass is 367 g/mol. The number of anilines is 1. The van der Waals surface area contributed by atoms with Crippen molar-refractivity contribution in [1.29, 1.82) is 0 Å². The number of piperidine rings is 1. The smallest absolute Gasteiger partial charge is 0.173 e. The summed E-state index contributed by atoms with van der Waals surface area (Å²) in [6, 6.07) is 7.47. The number of nitrogens with zero attached hydrogens (tertiary/aromatic N) is 2. The summed E-state index contributed by atoms with van der Waals surface area (Å²) in [5, 5.41) is 5.01. The minimum atomic E-state index is 0.383. The van der Waals surface area contributed by atoms with Gasteiger partial charge in [0, 0.05) is 41.9 Å². The van der Waals surface area contributed by atoms with Crippen LogP contribution in [0.15, 0.2) is 18.2 Å². The van der Waals surface area contributed by atoms with Crippen LogP contribution in [0.25, 0.3) is 0 Å². The number of nitrogens with one attached hydrogen (secondary N) is 1. The van der Waals surface area contributed by atoms with Crippen molar-refractivity contribution < 1.29 is 0 Å². The molecule has 0 radical (unpaired) electrons. The molecule has 1 aromatic carbocycles. The van der Waals surface area contributed by atoms with Crippen molar-refractivity contribution in [3.05, 3.63) is 28.8 Å². The number of aryl methyl sites for hydroxylation is 1. The zero-order valence-electron chi connectivity index (χ0n) is 15.5. The molecule has 134 valence electrons. The van der Waals surface area contributed by atoms with Gasteiger partial charge in [-0.15, -0.1) is 0 Å². The molecule has 0 atom stereocenters. The lowest BCUT2D eigenvalue weighted by Crippen LogP contribution is -2.52. The Morgan fingerprint density at radius 2 is 1.88 bits per heavy atom. The predicted octanol–water partition coefficient (Wildman–Crippen LogP) is 4.93. The Bertz CT molecular complexity index is 566. The maximum atomic E-state index is 6.12. The van der Waals surface area contributed by atoms with E-state index in [0.717, 1.165) is 47.3 Å². The first-order valence-electron chi connectivity index (χ1n) is 8.89. The SMILES string of the molecule is Cc1cc(NC(=S)N(C(C)C)C2CCN(C(C)C)CC2)ccc1Cl. The van der Waals surface area contributed by atoms with Gasteiger partial charge >= 0.3 is 0 Å². The molecule has 0 amide bonds. The predicted molar refractivity (Wildman–Crippen MR) is 109 cm³/mol. The molecule has 0 bridgehead atoms. The summed E-state index contributed by atoms with van der Waals surface area (Å²) in [6.07, 6.45) is 2.33. The lowest BCUT2D eigenvalue weighted by Gasteiger charge is -2.43. The van der Waals surface area contributed by atoms with E-state index in [1.165, 1.54) is 0 Å². The standard InChI is InChI=1S/C19H30ClN3S/c1-13(2)22-10-8-17(9-11-22)23(14(3)4)19(24)21-16-6-7-18(20)15(5)12-16/h6-7,12-14,17H,8-11H2,1-5H3,(H,21,24). The third kappa shape index (κ3) is 4.84. The Labute approximate surface area is 157 Å². The largest absolute Gasteiger partial charge is 0.344 e. The number of benzene rings is 1. The van der Waals surface area contributed by atoms with E-state index in [4.69, 9.17) is 23.8 Å². The van der Waals surface area contributed by atoms with E-state index in [0.29, 0.717) is 18.1 Å². The van der Waals surface area contributed by atoms with Crippen LogP contribution in [0.1, 0.15) is 46.1 Å². The van der Waals surface area contributed by atoms with E-state index in [1.807, 2.05) is 19.1 Å². The number of hydrogen-bond donors (Lipinski definition) is 1. The van der Waals surface area contributed by atoms with Gasteiger partial charge in [-0.05, 0) is 83.4 Å². The van der Waals surface area contributed by atoms with Gasteiger partial charge in [-0.1, -0.05) is 11.6 Å². The zero-order chi connectivity index (χ0) is 17.9. The van der Waals surface area contributed by atoms with E-state index < -0.39 is 0 Å². The maximum absolute atomic E-state index is 6.12. The average molecular weight is 368 g/mol. The molecule has 0 saturated carbocycles. The third-order valence-electron chi connectivity index (χ3n) is 4.82. The van der Waals surface area contributed by atoms with Gasteiger partial charge < -0.3 is 15.1 Å². The summed E-state index contributed by atoms with van der Waals surface area (Å²) in [6.45, 7) is 13.3. The maximum Gasteiger partial charge on any atom is 0.173 e. The first-order chi connectivity index (χ1) is 11.3. The van der Waals surface area contributed by atoms with Gasteiger partial charge in [0.15, 0.2) is 5.11 Å². The lowest BCUT2D eigenvalue weighted by molar-refractivity contribution is 0.117. The Morgan fingerprint density at radius 3 is 2.38 bits per heavy atom. The molecule has 1 heterocycles. The van der Waals surface area contributed by atoms with Crippen LogP contribution in [0.4, 0.5) is 5.69 Å². The summed E-state index contributed by atoms with van der Waals surface area (Å²) in [4.78, 5) is 4.92. The van der Waals surface area contributed by atoms with Crippen molar-refractivity contribution in [2.75, 3.05) is 18.4 Å². The molecule has 24 heavy (non-hydrogen) atoms. The number of hydrogen-bond acceptors (Lipinski definition) is 2. The van der Waals surface area contributed by atoms with E-state index in [9.17, 15) is 0 Å². The van der Waals surface area contributed by atoms with Crippen LogP contribution in [0.2, 0.25) is 5.02 Å². The Balaban J connectivity index is 2.04. The van der Waals surface area contributed by atoms with Gasteiger partial charge in [-0.25, -0.2) is 0 Å². The van der Waals surface area contributed by atoms with E-state index in [-0.39, 0.29) is 0 Å². The molecule has 0 aromatic heterocycles. The highest BCUT2D eigenvalue weighted by Crippen LogP contribution is 2.23.